The van der Waals surface area contributed by atoms with E-state index in [9.17, 15) is 74.2 Å². The number of carbonyl (C=O) groups is 2. The van der Waals surface area contributed by atoms with Crippen LogP contribution < -0.4 is 10.6 Å². The van der Waals surface area contributed by atoms with Crippen LogP contribution in [0.25, 0.3) is 0 Å². The summed E-state index contributed by atoms with van der Waals surface area (Å²) in [6.07, 6.45) is -33.1. The minimum atomic E-state index is -5.07. The van der Waals surface area contributed by atoms with Crippen molar-refractivity contribution in [3.8, 4) is 0 Å². The van der Waals surface area contributed by atoms with E-state index in [0.717, 1.165) is 13.8 Å². The summed E-state index contributed by atoms with van der Waals surface area (Å²) in [5.41, 5.74) is 0. The lowest BCUT2D eigenvalue weighted by atomic mass is 9.94. The van der Waals surface area contributed by atoms with Gasteiger partial charge in [-0.15, -0.1) is 0 Å². The molecule has 2 amide bonds. The summed E-state index contributed by atoms with van der Waals surface area (Å²) in [6.45, 7) is -1.53. The van der Waals surface area contributed by atoms with Gasteiger partial charge >= 0.3 is 10.4 Å². The molecule has 55 heavy (non-hydrogen) atoms. The Balaban J connectivity index is 1.56. The third kappa shape index (κ3) is 11.0. The second-order valence-corrected chi connectivity index (χ2v) is 14.3. The summed E-state index contributed by atoms with van der Waals surface area (Å²) in [4.78, 5) is 24.3. The van der Waals surface area contributed by atoms with Crippen molar-refractivity contribution in [3.63, 3.8) is 0 Å². The summed E-state index contributed by atoms with van der Waals surface area (Å²) in [5.74, 6) is -1.54. The van der Waals surface area contributed by atoms with E-state index in [-0.39, 0.29) is 0 Å². The molecule has 26 nitrogen and oxygen atoms in total. The van der Waals surface area contributed by atoms with Gasteiger partial charge in [-0.05, 0) is 0 Å². The topological polar surface area (TPSA) is 409 Å². The highest BCUT2D eigenvalue weighted by atomic mass is 32.3. The first-order valence-electron chi connectivity index (χ1n) is 16.7. The van der Waals surface area contributed by atoms with Gasteiger partial charge < -0.3 is 100.0 Å². The molecule has 4 aliphatic heterocycles. The van der Waals surface area contributed by atoms with Crippen LogP contribution in [0.15, 0.2) is 0 Å². The maximum absolute atomic E-state index is 12.3. The molecule has 0 aromatic rings. The van der Waals surface area contributed by atoms with E-state index in [4.69, 9.17) is 37.7 Å². The van der Waals surface area contributed by atoms with E-state index in [2.05, 4.69) is 14.8 Å². The quantitative estimate of drug-likeness (QED) is 0.0723. The van der Waals surface area contributed by atoms with Crippen molar-refractivity contribution >= 4 is 22.2 Å². The Bertz CT molecular complexity index is 1380. The molecular formula is C28H48N2O24S. The van der Waals surface area contributed by atoms with Gasteiger partial charge in [0.05, 0.1) is 26.4 Å². The van der Waals surface area contributed by atoms with E-state index in [1.165, 1.54) is 0 Å². The second kappa shape index (κ2) is 19.2. The van der Waals surface area contributed by atoms with Crippen LogP contribution in [0.3, 0.4) is 0 Å². The fraction of sp³-hybridized carbons (Fsp3) is 0.929. The van der Waals surface area contributed by atoms with E-state index >= 15 is 0 Å². The standard InChI is InChI=1S/C28H48N2O24S/c1-7(33)29-13-23(53-28-22(42)20(40)16(36)12(52-28)6-48-55(44,45)46)18(38)11(49-25(13)43)5-47-26-14(30-8(2)34)24(17(37)10(4-32)50-26)54-27-21(41)19(39)15(35)9(3-31)51-27/h9-28,31-32,35-43H,3-6H2,1-2H3,(H,29,33)(H,30,34)(H,44,45,46)/t9-,10-,11-,12-,13-,14-,15+,16+,17-,18+,19+,20+,21-,22-,23-,24-,25?,26-,27+,28+/m1/s1. The van der Waals surface area contributed by atoms with Gasteiger partial charge in [-0.3, -0.25) is 14.1 Å². The number of aliphatic hydroxyl groups excluding tert-OH is 11. The van der Waals surface area contributed by atoms with Crippen LogP contribution in [-0.4, -0.2) is 230 Å². The molecule has 0 aliphatic carbocycles. The number of hydrogen-bond acceptors (Lipinski definition) is 23. The summed E-state index contributed by atoms with van der Waals surface area (Å²) in [5, 5.41) is 120. The number of aliphatic hydroxyl groups is 11. The predicted molar refractivity (Wildman–Crippen MR) is 167 cm³/mol. The molecular weight excluding hydrogens is 780 g/mol. The Kier molecular flexibility index (Phi) is 16.0. The third-order valence-electron chi connectivity index (χ3n) is 9.19. The van der Waals surface area contributed by atoms with Crippen LogP contribution in [0, 0.1) is 0 Å². The number of carbonyl (C=O) groups excluding carboxylic acids is 2. The zero-order chi connectivity index (χ0) is 41.1. The first-order chi connectivity index (χ1) is 25.7. The Morgan fingerprint density at radius 1 is 0.564 bits per heavy atom. The van der Waals surface area contributed by atoms with Crippen LogP contribution in [0.4, 0.5) is 0 Å². The molecule has 4 saturated heterocycles. The largest absolute Gasteiger partial charge is 0.397 e. The summed E-state index contributed by atoms with van der Waals surface area (Å²) < 4.78 is 74.3. The zero-order valence-corrected chi connectivity index (χ0v) is 29.9. The second-order valence-electron chi connectivity index (χ2n) is 13.2. The number of ether oxygens (including phenoxy) is 7. The minimum Gasteiger partial charge on any atom is -0.394 e. The predicted octanol–water partition coefficient (Wildman–Crippen LogP) is -9.63. The van der Waals surface area contributed by atoms with Crippen molar-refractivity contribution in [2.24, 2.45) is 0 Å². The Hall–Kier alpha value is -1.91. The van der Waals surface area contributed by atoms with E-state index in [1.807, 2.05) is 0 Å². The smallest absolute Gasteiger partial charge is 0.394 e. The highest BCUT2D eigenvalue weighted by molar-refractivity contribution is 7.80. The van der Waals surface area contributed by atoms with Gasteiger partial charge in [-0.1, -0.05) is 0 Å². The lowest BCUT2D eigenvalue weighted by molar-refractivity contribution is -0.354. The lowest BCUT2D eigenvalue weighted by Gasteiger charge is -2.48. The van der Waals surface area contributed by atoms with Crippen molar-refractivity contribution in [1.82, 2.24) is 10.6 Å². The van der Waals surface area contributed by atoms with Crippen molar-refractivity contribution in [2.75, 3.05) is 26.4 Å². The van der Waals surface area contributed by atoms with Crippen molar-refractivity contribution in [3.05, 3.63) is 0 Å². The normalized spacial score (nSPS) is 45.5. The highest BCUT2D eigenvalue weighted by Crippen LogP contribution is 2.32. The molecule has 1 unspecified atom stereocenters. The summed E-state index contributed by atoms with van der Waals surface area (Å²) in [7, 11) is -5.07. The van der Waals surface area contributed by atoms with Crippen LogP contribution in [-0.2, 0) is 57.3 Å². The molecule has 0 aromatic heterocycles. The van der Waals surface area contributed by atoms with Crippen LogP contribution in [0.1, 0.15) is 13.8 Å². The van der Waals surface area contributed by atoms with Crippen molar-refractivity contribution in [2.45, 2.75) is 137 Å². The molecule has 4 aliphatic rings. The molecule has 0 saturated carbocycles. The van der Waals surface area contributed by atoms with Crippen LogP contribution in [0.5, 0.6) is 0 Å². The highest BCUT2D eigenvalue weighted by Gasteiger charge is 2.54. The Morgan fingerprint density at radius 3 is 1.49 bits per heavy atom. The summed E-state index contributed by atoms with van der Waals surface area (Å²) >= 11 is 0. The van der Waals surface area contributed by atoms with Gasteiger partial charge in [0.15, 0.2) is 25.2 Å². The van der Waals surface area contributed by atoms with E-state index < -0.39 is 171 Å². The van der Waals surface area contributed by atoms with Gasteiger partial charge in [0, 0.05) is 13.8 Å². The molecule has 4 heterocycles. The van der Waals surface area contributed by atoms with Gasteiger partial charge in [-0.25, -0.2) is 4.18 Å². The molecule has 4 fully saturated rings. The average molecular weight is 829 g/mol. The maximum atomic E-state index is 12.3. The third-order valence-corrected chi connectivity index (χ3v) is 9.63. The molecule has 14 N–H and O–H groups in total. The molecule has 0 bridgehead atoms. The maximum Gasteiger partial charge on any atom is 0.397 e. The molecule has 4 rings (SSSR count). The van der Waals surface area contributed by atoms with Crippen LogP contribution >= 0.6 is 0 Å². The van der Waals surface area contributed by atoms with Crippen LogP contribution in [0.2, 0.25) is 0 Å². The molecule has 0 spiro atoms. The van der Waals surface area contributed by atoms with Gasteiger partial charge in [0.2, 0.25) is 11.8 Å². The lowest BCUT2D eigenvalue weighted by Crippen LogP contribution is -2.69. The van der Waals surface area contributed by atoms with Gasteiger partial charge in [-0.2, -0.15) is 8.42 Å². The molecule has 320 valence electrons. The van der Waals surface area contributed by atoms with Crippen molar-refractivity contribution < 1.29 is 116 Å². The fourth-order valence-corrected chi connectivity index (χ4v) is 6.69. The monoisotopic (exact) mass is 828 g/mol. The Morgan fingerprint density at radius 2 is 0.982 bits per heavy atom. The van der Waals surface area contributed by atoms with Crippen molar-refractivity contribution in [1.29, 1.82) is 0 Å². The minimum absolute atomic E-state index is 0.756. The molecule has 0 radical (unpaired) electrons. The summed E-state index contributed by atoms with van der Waals surface area (Å²) in [6, 6.07) is -3.19. The van der Waals surface area contributed by atoms with Gasteiger partial charge in [0.1, 0.15) is 97.5 Å². The fourth-order valence-electron chi connectivity index (χ4n) is 6.38. The number of amides is 2. The zero-order valence-electron chi connectivity index (χ0n) is 29.0. The SMILES string of the molecule is CC(=O)N[C@H]1[C@H](OC[C@H]2OC(O)[C@H](NC(C)=O)[C@@H](O[C@@H]3O[C@H](COS(=O)(=O)O)[C@H](O)[C@H](O)[C@H]3O)[C@H]2O)O[C@H](CO)[C@@H](O)[C@@H]1O[C@@H]1O[C@H](CO)[C@H](O)[C@H](O)[C@H]1O. The van der Waals surface area contributed by atoms with E-state index in [0.29, 0.717) is 0 Å². The number of hydrogen-bond donors (Lipinski definition) is 14. The number of rotatable bonds is 14. The Labute approximate surface area is 311 Å². The first-order valence-corrected chi connectivity index (χ1v) is 18.1. The first kappa shape index (κ1) is 45.8. The number of nitrogens with one attached hydrogen (secondary N) is 2. The molecule has 27 heteroatoms. The average Bonchev–Trinajstić information content (AvgIpc) is 3.11. The van der Waals surface area contributed by atoms with E-state index in [1.54, 1.807) is 0 Å². The molecule has 20 atom stereocenters. The van der Waals surface area contributed by atoms with Gasteiger partial charge in [0.25, 0.3) is 0 Å². The molecule has 0 aromatic carbocycles.